The molecular formula is C74H97B3Br2N12NaO15S2. The van der Waals surface area contributed by atoms with Crippen molar-refractivity contribution in [2.75, 3.05) is 52.4 Å². The van der Waals surface area contributed by atoms with Gasteiger partial charge in [0.1, 0.15) is 11.2 Å². The standard InChI is InChI=1S/C28H30N6S.C13H20BrN3O2.C12H10B2O4S.C7H16N2O2.C6H4BrNO.C4H6O4.C2H3BO2.2CH4.Na/c29-5-7-31-13-19-9-23(17-33-15-19)21-1-3-27-25(11-21)26-12-22(2-4-28(26)35-27)24-10-20(16-34-18-24)14-32-8-6-30;1-13(2,3)19-12(18)17-5-4-15-7-10-6-11(14)9-16-8-10;15-13(16)7-1-3-11-9(5-7)10-6-8(14(17)18)2-4-12(10)19-11;1-7(2,3)11-6(10)9-5-4-8;7-6-1-5(4-9)2-8-3-6;1-3(5)7-8-4(2)6;1-2(4)5-3;;;/h1-4,9-12,15-18,31-32H,5-8,13-14,29-30H2;6,8-9,15H,4-5,7H2,1-3H3,(H,17,18);1-6,15-18H;4-5,8H2,1-3H3,(H,9,10);1-4H;1-2H3;1H3;2*1H4;/q;;;;;;-1;;;+1. The summed E-state index contributed by atoms with van der Waals surface area (Å²) in [4.78, 5) is 85.9. The van der Waals surface area contributed by atoms with E-state index in [1.807, 2.05) is 95.9 Å². The van der Waals surface area contributed by atoms with Crippen molar-refractivity contribution >= 4 is 164 Å². The van der Waals surface area contributed by atoms with Crippen molar-refractivity contribution in [2.24, 2.45) is 17.2 Å². The minimum absolute atomic E-state index is 0. The third kappa shape index (κ3) is 39.2. The Hall–Kier alpha value is -7.71. The summed E-state index contributed by atoms with van der Waals surface area (Å²) in [5, 5.41) is 56.2. The Morgan fingerprint density at radius 1 is 0.477 bits per heavy atom. The van der Waals surface area contributed by atoms with Gasteiger partial charge in [0.2, 0.25) is 5.97 Å². The van der Waals surface area contributed by atoms with E-state index in [-0.39, 0.29) is 44.4 Å². The number of aromatic nitrogens is 4. The van der Waals surface area contributed by atoms with E-state index in [0.717, 1.165) is 103 Å². The fourth-order valence-corrected chi connectivity index (χ4v) is 11.8. The van der Waals surface area contributed by atoms with E-state index in [0.29, 0.717) is 62.3 Å². The number of ether oxygens (including phenoxy) is 2. The number of rotatable bonds is 20. The van der Waals surface area contributed by atoms with Gasteiger partial charge in [0.15, 0.2) is 6.29 Å². The SMILES string of the molecule is C.C.CC(=O)OOC(C)=O.CC(C)(C)OC(=O)NCCN.CC(C)(C)OC(=O)NCCNCc1cncc(Br)c1.NCCNCc1cncc(-c2ccc3sc4ccc(-c5cncc(CNCCN)c5)cc4c3c2)c1.O=Cc1cncc(Br)c1.OB(O)c1ccc2sc3ccc(B(O)O)cc3c2c1.[B-]OC(C)=O.[Na+]. The first-order valence-electron chi connectivity index (χ1n) is 32.9. The molecule has 0 spiro atoms. The van der Waals surface area contributed by atoms with Crippen molar-refractivity contribution < 1.29 is 102 Å². The monoisotopic (exact) mass is 1670 g/mol. The summed E-state index contributed by atoms with van der Waals surface area (Å²) < 4.78 is 20.1. The molecule has 0 bridgehead atoms. The average Bonchev–Trinajstić information content (AvgIpc) is 1.64. The summed E-state index contributed by atoms with van der Waals surface area (Å²) in [7, 11) is 1.31. The van der Waals surface area contributed by atoms with Crippen LogP contribution in [-0.2, 0) is 57.9 Å². The number of nitrogens with zero attached hydrogens (tertiary/aromatic N) is 4. The van der Waals surface area contributed by atoms with Gasteiger partial charge in [0, 0.05) is 198 Å². The maximum atomic E-state index is 11.4. The first kappa shape index (κ1) is 99.3. The summed E-state index contributed by atoms with van der Waals surface area (Å²) in [6.45, 7) is 21.6. The molecule has 109 heavy (non-hydrogen) atoms. The Labute approximate surface area is 685 Å². The number of nitrogens with two attached hydrogens (primary N) is 3. The number of halogens is 2. The van der Waals surface area contributed by atoms with Gasteiger partial charge in [-0.3, -0.25) is 29.5 Å². The largest absolute Gasteiger partial charge is 1.00 e. The zero-order valence-corrected chi connectivity index (χ0v) is 68.1. The molecule has 0 aliphatic rings. The molecule has 579 valence electrons. The van der Waals surface area contributed by atoms with Crippen LogP contribution in [0.3, 0.4) is 0 Å². The molecule has 35 heteroatoms. The molecule has 0 aliphatic heterocycles. The minimum atomic E-state index is -1.51. The van der Waals surface area contributed by atoms with Crippen molar-refractivity contribution in [3.05, 3.63) is 178 Å². The van der Waals surface area contributed by atoms with E-state index in [1.165, 1.54) is 44.4 Å². The maximum absolute atomic E-state index is 11.4. The van der Waals surface area contributed by atoms with Crippen LogP contribution in [0.1, 0.15) is 104 Å². The molecule has 0 aliphatic carbocycles. The zero-order valence-electron chi connectivity index (χ0n) is 61.3. The smallest absolute Gasteiger partial charge is 0.793 e. The number of hydrogen-bond donors (Lipinski definition) is 12. The third-order valence-electron chi connectivity index (χ3n) is 13.3. The molecule has 10 aromatic rings. The number of aldehydes is 1. The van der Waals surface area contributed by atoms with Gasteiger partial charge >= 0.3 is 67.9 Å². The predicted octanol–water partition coefficient (Wildman–Crippen LogP) is 6.21. The Balaban J connectivity index is 0.000000693. The molecular weight excluding hydrogens is 1580 g/mol. The van der Waals surface area contributed by atoms with Crippen LogP contribution < -0.4 is 84.3 Å². The van der Waals surface area contributed by atoms with Crippen LogP contribution >= 0.6 is 54.5 Å². The van der Waals surface area contributed by atoms with Crippen molar-refractivity contribution in [1.29, 1.82) is 0 Å². The van der Waals surface area contributed by atoms with Gasteiger partial charge in [-0.25, -0.2) is 29.0 Å². The van der Waals surface area contributed by atoms with E-state index < -0.39 is 55.5 Å². The number of alkyl carbamates (subject to hydrolysis) is 2. The van der Waals surface area contributed by atoms with Crippen LogP contribution in [0.4, 0.5) is 9.59 Å². The topological polar surface area (TPSA) is 419 Å². The van der Waals surface area contributed by atoms with Gasteiger partial charge in [-0.05, 0) is 184 Å². The summed E-state index contributed by atoms with van der Waals surface area (Å²) in [6.07, 6.45) is 14.3. The predicted molar refractivity (Wildman–Crippen MR) is 439 cm³/mol. The van der Waals surface area contributed by atoms with Gasteiger partial charge in [-0.2, -0.15) is 0 Å². The Bertz CT molecular complexity index is 4260. The van der Waals surface area contributed by atoms with Crippen molar-refractivity contribution in [2.45, 2.75) is 108 Å². The molecule has 0 atom stereocenters. The van der Waals surface area contributed by atoms with E-state index in [2.05, 4.69) is 149 Å². The number of nitrogens with one attached hydrogen (secondary N) is 5. The van der Waals surface area contributed by atoms with Crippen molar-refractivity contribution in [3.63, 3.8) is 0 Å². The molecule has 0 unspecified atom stereocenters. The van der Waals surface area contributed by atoms with Gasteiger partial charge < -0.3 is 86.1 Å². The molecule has 0 fully saturated rings. The molecule has 0 saturated heterocycles. The van der Waals surface area contributed by atoms with E-state index >= 15 is 0 Å². The van der Waals surface area contributed by atoms with E-state index in [9.17, 15) is 48.9 Å². The summed E-state index contributed by atoms with van der Waals surface area (Å²) >= 11 is 9.95. The second-order valence-corrected chi connectivity index (χ2v) is 28.6. The number of hydrogen-bond acceptors (Lipinski definition) is 27. The van der Waals surface area contributed by atoms with Gasteiger partial charge in [0.25, 0.3) is 0 Å². The molecule has 10 rings (SSSR count). The van der Waals surface area contributed by atoms with E-state index in [4.69, 9.17) is 26.7 Å². The molecule has 0 saturated carbocycles. The molecule has 3 radical (unpaired) electrons. The molecule has 6 aromatic heterocycles. The normalized spacial score (nSPS) is 10.3. The van der Waals surface area contributed by atoms with Gasteiger partial charge in [0.05, 0.1) is 0 Å². The fourth-order valence-electron chi connectivity index (χ4n) is 8.88. The van der Waals surface area contributed by atoms with Gasteiger partial charge in [-0.15, -0.1) is 22.7 Å². The number of benzene rings is 4. The molecule has 15 N–H and O–H groups in total. The zero-order chi connectivity index (χ0) is 78.4. The minimum Gasteiger partial charge on any atom is -0.793 e. The number of amides is 2. The molecule has 2 amide bonds. The van der Waals surface area contributed by atoms with Crippen LogP contribution in [-0.4, -0.2) is 162 Å². The average molecular weight is 1670 g/mol. The number of fused-ring (bicyclic) bond motifs is 6. The second-order valence-electron chi connectivity index (χ2n) is 24.6. The number of carbonyl (C=O) groups is 6. The van der Waals surface area contributed by atoms with Crippen molar-refractivity contribution in [3.8, 4) is 22.3 Å². The fraction of sp³-hybridized carbons (Fsp3) is 0.324. The quantitative estimate of drug-likeness (QED) is 0.0133. The van der Waals surface area contributed by atoms with Crippen LogP contribution in [0.15, 0.2) is 156 Å². The van der Waals surface area contributed by atoms with E-state index in [1.54, 1.807) is 60.3 Å². The number of thiophene rings is 2. The number of carbonyl (C=O) groups excluding carboxylic acids is 6. The summed E-state index contributed by atoms with van der Waals surface area (Å²) in [5.41, 5.74) is 24.9. The summed E-state index contributed by atoms with van der Waals surface area (Å²) in [5.74, 6) is -1.74. The van der Waals surface area contributed by atoms with Crippen LogP contribution in [0.2, 0.25) is 0 Å². The van der Waals surface area contributed by atoms with Crippen LogP contribution in [0, 0.1) is 0 Å². The van der Waals surface area contributed by atoms with Crippen LogP contribution in [0.25, 0.3) is 62.6 Å². The number of pyridine rings is 4. The molecule has 27 nitrogen and oxygen atoms in total. The molecule has 4 aromatic carbocycles. The first-order valence-corrected chi connectivity index (χ1v) is 36.2. The second kappa shape index (κ2) is 52.5. The Morgan fingerprint density at radius 2 is 0.826 bits per heavy atom. The summed E-state index contributed by atoms with van der Waals surface area (Å²) in [6, 6.07) is 32.0. The maximum Gasteiger partial charge on any atom is 1.00 e. The Morgan fingerprint density at radius 3 is 1.17 bits per heavy atom. The van der Waals surface area contributed by atoms with Crippen LogP contribution in [0.5, 0.6) is 0 Å². The Kier molecular flexibility index (Phi) is 47.8. The third-order valence-corrected chi connectivity index (χ3v) is 16.5. The molecule has 6 heterocycles. The van der Waals surface area contributed by atoms with Gasteiger partial charge in [-0.1, -0.05) is 51.3 Å². The first-order chi connectivity index (χ1) is 50.3. The van der Waals surface area contributed by atoms with Crippen molar-refractivity contribution in [1.82, 2.24) is 46.5 Å².